The van der Waals surface area contributed by atoms with Crippen LogP contribution >= 0.6 is 0 Å². The summed E-state index contributed by atoms with van der Waals surface area (Å²) in [6, 6.07) is 5.35. The zero-order valence-corrected chi connectivity index (χ0v) is 10.4. The number of hydrogen-bond donors (Lipinski definition) is 2. The third kappa shape index (κ3) is 3.08. The van der Waals surface area contributed by atoms with Crippen molar-refractivity contribution in [1.82, 2.24) is 10.6 Å². The van der Waals surface area contributed by atoms with Gasteiger partial charge in [-0.15, -0.1) is 0 Å². The van der Waals surface area contributed by atoms with E-state index in [9.17, 15) is 19.2 Å². The van der Waals surface area contributed by atoms with Crippen LogP contribution in [0.25, 0.3) is 6.08 Å². The fourth-order valence-corrected chi connectivity index (χ4v) is 1.57. The first kappa shape index (κ1) is 13.5. The van der Waals surface area contributed by atoms with Gasteiger partial charge in [-0.2, -0.15) is 0 Å². The predicted molar refractivity (Wildman–Crippen MR) is 67.4 cm³/mol. The molecular weight excluding hydrogens is 264 g/mol. The van der Waals surface area contributed by atoms with Crippen LogP contribution in [0.5, 0.6) is 5.75 Å². The number of carbonyl (C=O) groups is 4. The summed E-state index contributed by atoms with van der Waals surface area (Å²) in [5.41, 5.74) is 0.375. The Balaban J connectivity index is 2.22. The van der Waals surface area contributed by atoms with Gasteiger partial charge in [-0.1, -0.05) is 12.1 Å². The van der Waals surface area contributed by atoms with Crippen LogP contribution in [0.4, 0.5) is 4.79 Å². The van der Waals surface area contributed by atoms with Gasteiger partial charge in [0.15, 0.2) is 0 Å². The molecule has 102 valence electrons. The number of benzene rings is 1. The van der Waals surface area contributed by atoms with Crippen molar-refractivity contribution < 1.29 is 23.9 Å². The van der Waals surface area contributed by atoms with E-state index < -0.39 is 23.8 Å². The Labute approximate surface area is 113 Å². The Morgan fingerprint density at radius 1 is 1.05 bits per heavy atom. The minimum Gasteiger partial charge on any atom is -0.427 e. The molecule has 1 heterocycles. The number of ether oxygens (including phenoxy) is 1. The fourth-order valence-electron chi connectivity index (χ4n) is 1.57. The Morgan fingerprint density at radius 3 is 2.10 bits per heavy atom. The van der Waals surface area contributed by atoms with Crippen molar-refractivity contribution in [2.45, 2.75) is 6.92 Å². The van der Waals surface area contributed by atoms with Crippen LogP contribution in [-0.4, -0.2) is 23.8 Å². The smallest absolute Gasteiger partial charge is 0.328 e. The molecule has 20 heavy (non-hydrogen) atoms. The SMILES string of the molecule is CC(=O)Oc1ccc(C=C2C(=O)NC(=O)NC2=O)cc1. The van der Waals surface area contributed by atoms with E-state index in [1.807, 2.05) is 10.6 Å². The highest BCUT2D eigenvalue weighted by Gasteiger charge is 2.27. The number of nitrogens with one attached hydrogen (secondary N) is 2. The summed E-state index contributed by atoms with van der Waals surface area (Å²) in [7, 11) is 0. The molecule has 1 aliphatic rings. The quantitative estimate of drug-likeness (QED) is 0.351. The van der Waals surface area contributed by atoms with E-state index >= 15 is 0 Å². The maximum absolute atomic E-state index is 11.5. The van der Waals surface area contributed by atoms with Crippen LogP contribution in [0.15, 0.2) is 29.8 Å². The predicted octanol–water partition coefficient (Wildman–Crippen LogP) is 0.361. The first-order chi connectivity index (χ1) is 9.45. The molecule has 1 aromatic carbocycles. The highest BCUT2D eigenvalue weighted by atomic mass is 16.5. The average Bonchev–Trinajstić information content (AvgIpc) is 2.35. The molecule has 0 atom stereocenters. The molecule has 0 aromatic heterocycles. The van der Waals surface area contributed by atoms with Crippen LogP contribution in [-0.2, 0) is 14.4 Å². The second-order valence-electron chi connectivity index (χ2n) is 3.96. The Hall–Kier alpha value is -2.96. The lowest BCUT2D eigenvalue weighted by Crippen LogP contribution is -2.51. The number of imide groups is 2. The number of amides is 4. The molecule has 1 saturated heterocycles. The number of hydrogen-bond acceptors (Lipinski definition) is 5. The molecule has 0 saturated carbocycles. The molecule has 1 fully saturated rings. The van der Waals surface area contributed by atoms with Gasteiger partial charge in [0.25, 0.3) is 11.8 Å². The average molecular weight is 274 g/mol. The van der Waals surface area contributed by atoms with Crippen LogP contribution in [0.2, 0.25) is 0 Å². The third-order valence-corrected chi connectivity index (χ3v) is 2.40. The first-order valence-electron chi connectivity index (χ1n) is 5.62. The molecule has 4 amide bonds. The molecule has 0 radical (unpaired) electrons. The summed E-state index contributed by atoms with van der Waals surface area (Å²) in [6.07, 6.45) is 1.33. The number of urea groups is 1. The highest BCUT2D eigenvalue weighted by molar-refractivity contribution is 6.31. The largest absolute Gasteiger partial charge is 0.427 e. The van der Waals surface area contributed by atoms with Gasteiger partial charge in [0.2, 0.25) is 0 Å². The van der Waals surface area contributed by atoms with E-state index in [4.69, 9.17) is 4.74 Å². The van der Waals surface area contributed by atoms with Gasteiger partial charge in [0, 0.05) is 6.92 Å². The van der Waals surface area contributed by atoms with Crippen molar-refractivity contribution >= 4 is 29.9 Å². The second kappa shape index (κ2) is 5.35. The molecule has 0 unspecified atom stereocenters. The molecule has 7 nitrogen and oxygen atoms in total. The van der Waals surface area contributed by atoms with E-state index in [0.717, 1.165) is 0 Å². The first-order valence-corrected chi connectivity index (χ1v) is 5.62. The van der Waals surface area contributed by atoms with E-state index in [1.54, 1.807) is 12.1 Å². The zero-order valence-electron chi connectivity index (χ0n) is 10.4. The molecule has 0 aliphatic carbocycles. The van der Waals surface area contributed by atoms with Crippen LogP contribution in [0, 0.1) is 0 Å². The fraction of sp³-hybridized carbons (Fsp3) is 0.0769. The van der Waals surface area contributed by atoms with Gasteiger partial charge in [0.05, 0.1) is 0 Å². The van der Waals surface area contributed by atoms with Gasteiger partial charge < -0.3 is 4.74 Å². The van der Waals surface area contributed by atoms with Gasteiger partial charge in [-0.25, -0.2) is 4.79 Å². The van der Waals surface area contributed by atoms with Crippen LogP contribution in [0.3, 0.4) is 0 Å². The Bertz CT molecular complexity index is 609. The molecule has 1 aliphatic heterocycles. The summed E-state index contributed by atoms with van der Waals surface area (Å²) in [5, 5.41) is 3.94. The Morgan fingerprint density at radius 2 is 1.60 bits per heavy atom. The summed E-state index contributed by atoms with van der Waals surface area (Å²) in [6.45, 7) is 1.28. The molecule has 0 spiro atoms. The van der Waals surface area contributed by atoms with Gasteiger partial charge >= 0.3 is 12.0 Å². The molecule has 2 N–H and O–H groups in total. The Kier molecular flexibility index (Phi) is 3.60. The van der Waals surface area contributed by atoms with Gasteiger partial charge in [-0.3, -0.25) is 25.0 Å². The van der Waals surface area contributed by atoms with Crippen LogP contribution in [0.1, 0.15) is 12.5 Å². The number of barbiturate groups is 1. The van der Waals surface area contributed by atoms with Crippen molar-refractivity contribution in [3.63, 3.8) is 0 Å². The van der Waals surface area contributed by atoms with E-state index in [2.05, 4.69) is 0 Å². The topological polar surface area (TPSA) is 102 Å². The monoisotopic (exact) mass is 274 g/mol. The van der Waals surface area contributed by atoms with E-state index in [1.165, 1.54) is 25.1 Å². The van der Waals surface area contributed by atoms with Gasteiger partial charge in [0.1, 0.15) is 11.3 Å². The summed E-state index contributed by atoms with van der Waals surface area (Å²) in [4.78, 5) is 44.7. The van der Waals surface area contributed by atoms with E-state index in [-0.39, 0.29) is 5.57 Å². The maximum Gasteiger partial charge on any atom is 0.328 e. The second-order valence-corrected chi connectivity index (χ2v) is 3.96. The number of carbonyl (C=O) groups excluding carboxylic acids is 4. The standard InChI is InChI=1S/C13H10N2O5/c1-7(16)20-9-4-2-8(3-5-9)6-10-11(17)14-13(19)15-12(10)18/h2-6H,1H3,(H2,14,15,17,18,19). The summed E-state index contributed by atoms with van der Waals surface area (Å²) in [5.74, 6) is -1.61. The lowest BCUT2D eigenvalue weighted by Gasteiger charge is -2.13. The molecular formula is C13H10N2O5. The van der Waals surface area contributed by atoms with Crippen molar-refractivity contribution in [3.8, 4) is 5.75 Å². The highest BCUT2D eigenvalue weighted by Crippen LogP contribution is 2.15. The van der Waals surface area contributed by atoms with E-state index in [0.29, 0.717) is 11.3 Å². The molecule has 1 aromatic rings. The molecule has 2 rings (SSSR count). The van der Waals surface area contributed by atoms with Crippen LogP contribution < -0.4 is 15.4 Å². The normalized spacial score (nSPS) is 14.4. The zero-order chi connectivity index (χ0) is 14.7. The maximum atomic E-state index is 11.5. The molecule has 7 heteroatoms. The van der Waals surface area contributed by atoms with Crippen molar-refractivity contribution in [2.24, 2.45) is 0 Å². The third-order valence-electron chi connectivity index (χ3n) is 2.40. The lowest BCUT2D eigenvalue weighted by molar-refractivity contribution is -0.132. The van der Waals surface area contributed by atoms with Crippen molar-refractivity contribution in [2.75, 3.05) is 0 Å². The minimum absolute atomic E-state index is 0.176. The van der Waals surface area contributed by atoms with Crippen molar-refractivity contribution in [3.05, 3.63) is 35.4 Å². The molecule has 0 bridgehead atoms. The summed E-state index contributed by atoms with van der Waals surface area (Å²) < 4.78 is 4.85. The minimum atomic E-state index is -0.845. The number of rotatable bonds is 2. The van der Waals surface area contributed by atoms with Gasteiger partial charge in [-0.05, 0) is 23.8 Å². The van der Waals surface area contributed by atoms with Crippen molar-refractivity contribution in [1.29, 1.82) is 0 Å². The summed E-state index contributed by atoms with van der Waals surface area (Å²) >= 11 is 0. The number of esters is 1. The lowest BCUT2D eigenvalue weighted by atomic mass is 10.1.